The first-order valence-electron chi connectivity index (χ1n) is 8.17. The monoisotopic (exact) mass is 356 g/mol. The molecule has 1 saturated heterocycles. The lowest BCUT2D eigenvalue weighted by molar-refractivity contribution is -0.130. The standard InChI is InChI=1S/C17H22F2N2O2S/c18-17(19)24-14-8-6-13(7-9-14)16(23)20-10-4-12-21-11-3-1-2-5-15(21)22/h6-9,17H,1-5,10-12H2,(H,20,23). The molecule has 1 aromatic carbocycles. The minimum Gasteiger partial charge on any atom is -0.352 e. The highest BCUT2D eigenvalue weighted by Gasteiger charge is 2.15. The van der Waals surface area contributed by atoms with Gasteiger partial charge in [0.2, 0.25) is 5.91 Å². The number of carbonyl (C=O) groups excluding carboxylic acids is 2. The topological polar surface area (TPSA) is 49.4 Å². The maximum atomic E-state index is 12.2. The fourth-order valence-electron chi connectivity index (χ4n) is 2.64. The maximum absolute atomic E-state index is 12.2. The van der Waals surface area contributed by atoms with E-state index in [9.17, 15) is 18.4 Å². The molecule has 0 bridgehead atoms. The van der Waals surface area contributed by atoms with Gasteiger partial charge >= 0.3 is 0 Å². The van der Waals surface area contributed by atoms with Gasteiger partial charge in [-0.05, 0) is 43.5 Å². The minimum atomic E-state index is -2.47. The van der Waals surface area contributed by atoms with Crippen LogP contribution < -0.4 is 5.32 Å². The molecule has 0 unspecified atom stereocenters. The van der Waals surface area contributed by atoms with Gasteiger partial charge in [0.05, 0.1) is 0 Å². The molecule has 1 aliphatic rings. The average Bonchev–Trinajstić information content (AvgIpc) is 2.76. The normalized spacial score (nSPS) is 15.5. The van der Waals surface area contributed by atoms with E-state index in [2.05, 4.69) is 5.32 Å². The highest BCUT2D eigenvalue weighted by molar-refractivity contribution is 7.99. The molecule has 1 aromatic rings. The van der Waals surface area contributed by atoms with Crippen LogP contribution in [0.1, 0.15) is 42.5 Å². The first-order valence-corrected chi connectivity index (χ1v) is 9.05. The summed E-state index contributed by atoms with van der Waals surface area (Å²) >= 11 is 0.456. The zero-order valence-corrected chi connectivity index (χ0v) is 14.3. The van der Waals surface area contributed by atoms with E-state index < -0.39 is 5.76 Å². The summed E-state index contributed by atoms with van der Waals surface area (Å²) in [5.41, 5.74) is 0.444. The molecular formula is C17H22F2N2O2S. The van der Waals surface area contributed by atoms with Gasteiger partial charge in [-0.1, -0.05) is 18.2 Å². The first-order chi connectivity index (χ1) is 11.6. The van der Waals surface area contributed by atoms with E-state index in [4.69, 9.17) is 0 Å². The zero-order valence-electron chi connectivity index (χ0n) is 13.5. The molecule has 1 aliphatic heterocycles. The van der Waals surface area contributed by atoms with Gasteiger partial charge < -0.3 is 10.2 Å². The number of amides is 2. The average molecular weight is 356 g/mol. The summed E-state index contributed by atoms with van der Waals surface area (Å²) in [5.74, 6) is -2.50. The molecule has 1 N–H and O–H groups in total. The SMILES string of the molecule is O=C(NCCCN1CCCCCC1=O)c1ccc(SC(F)F)cc1. The molecule has 4 nitrogen and oxygen atoms in total. The van der Waals surface area contributed by atoms with E-state index in [-0.39, 0.29) is 11.8 Å². The van der Waals surface area contributed by atoms with Crippen LogP contribution in [0.25, 0.3) is 0 Å². The number of rotatable bonds is 7. The van der Waals surface area contributed by atoms with Crippen molar-refractivity contribution in [2.45, 2.75) is 42.8 Å². The molecule has 0 atom stereocenters. The molecule has 2 amide bonds. The van der Waals surface area contributed by atoms with E-state index in [1.165, 1.54) is 12.1 Å². The Morgan fingerprint density at radius 1 is 1.21 bits per heavy atom. The smallest absolute Gasteiger partial charge is 0.288 e. The van der Waals surface area contributed by atoms with Crippen LogP contribution in [0.5, 0.6) is 0 Å². The Balaban J connectivity index is 1.71. The van der Waals surface area contributed by atoms with Crippen LogP contribution in [0.3, 0.4) is 0 Å². The van der Waals surface area contributed by atoms with Gasteiger partial charge in [0, 0.05) is 36.5 Å². The number of nitrogens with one attached hydrogen (secondary N) is 1. The third kappa shape index (κ3) is 6.11. The lowest BCUT2D eigenvalue weighted by atomic mass is 10.2. The van der Waals surface area contributed by atoms with Crippen LogP contribution >= 0.6 is 11.8 Å². The fraction of sp³-hybridized carbons (Fsp3) is 0.529. The Kier molecular flexibility index (Phi) is 7.49. The highest BCUT2D eigenvalue weighted by atomic mass is 32.2. The Bertz CT molecular complexity index is 552. The van der Waals surface area contributed by atoms with Crippen molar-refractivity contribution < 1.29 is 18.4 Å². The second kappa shape index (κ2) is 9.61. The molecule has 0 aromatic heterocycles. The van der Waals surface area contributed by atoms with Crippen LogP contribution in [0, 0.1) is 0 Å². The van der Waals surface area contributed by atoms with Crippen LogP contribution in [-0.4, -0.2) is 42.1 Å². The number of thioether (sulfide) groups is 1. The number of nitrogens with zero attached hydrogens (tertiary/aromatic N) is 1. The molecule has 1 fully saturated rings. The Hall–Kier alpha value is -1.63. The molecule has 0 saturated carbocycles. The van der Waals surface area contributed by atoms with Gasteiger partial charge in [0.1, 0.15) is 0 Å². The number of alkyl halides is 2. The highest BCUT2D eigenvalue weighted by Crippen LogP contribution is 2.25. The lowest BCUT2D eigenvalue weighted by Crippen LogP contribution is -2.34. The number of hydrogen-bond acceptors (Lipinski definition) is 3. The van der Waals surface area contributed by atoms with Gasteiger partial charge in [-0.25, -0.2) is 0 Å². The summed E-state index contributed by atoms with van der Waals surface area (Å²) in [5, 5.41) is 2.80. The summed E-state index contributed by atoms with van der Waals surface area (Å²) in [7, 11) is 0. The molecule has 0 aliphatic carbocycles. The summed E-state index contributed by atoms with van der Waals surface area (Å²) in [4.78, 5) is 26.2. The van der Waals surface area contributed by atoms with Crippen molar-refractivity contribution in [1.29, 1.82) is 0 Å². The molecule has 24 heavy (non-hydrogen) atoms. The predicted octanol–water partition coefficient (Wildman–Crippen LogP) is 3.52. The summed E-state index contributed by atoms with van der Waals surface area (Å²) in [6, 6.07) is 6.11. The molecule has 0 spiro atoms. The van der Waals surface area contributed by atoms with Crippen molar-refractivity contribution in [3.8, 4) is 0 Å². The zero-order chi connectivity index (χ0) is 17.4. The van der Waals surface area contributed by atoms with Gasteiger partial charge in [-0.15, -0.1) is 0 Å². The van der Waals surface area contributed by atoms with Crippen LogP contribution in [0.15, 0.2) is 29.2 Å². The van der Waals surface area contributed by atoms with E-state index in [0.717, 1.165) is 25.8 Å². The Morgan fingerprint density at radius 2 is 1.96 bits per heavy atom. The number of likely N-dealkylation sites (tertiary alicyclic amines) is 1. The lowest BCUT2D eigenvalue weighted by Gasteiger charge is -2.20. The third-order valence-corrected chi connectivity index (χ3v) is 4.63. The summed E-state index contributed by atoms with van der Waals surface area (Å²) in [6.07, 6.45) is 4.43. The van der Waals surface area contributed by atoms with Crippen molar-refractivity contribution >= 4 is 23.6 Å². The van der Waals surface area contributed by atoms with E-state index in [0.29, 0.717) is 48.2 Å². The first kappa shape index (κ1) is 18.7. The molecule has 2 rings (SSSR count). The largest absolute Gasteiger partial charge is 0.352 e. The second-order valence-corrected chi connectivity index (χ2v) is 6.77. The maximum Gasteiger partial charge on any atom is 0.288 e. The van der Waals surface area contributed by atoms with Crippen molar-refractivity contribution in [3.05, 3.63) is 29.8 Å². The number of hydrogen-bond donors (Lipinski definition) is 1. The number of carbonyl (C=O) groups is 2. The number of halogens is 2. The molecule has 0 radical (unpaired) electrons. The van der Waals surface area contributed by atoms with E-state index >= 15 is 0 Å². The quantitative estimate of drug-likeness (QED) is 0.601. The molecule has 7 heteroatoms. The van der Waals surface area contributed by atoms with Crippen molar-refractivity contribution in [1.82, 2.24) is 10.2 Å². The minimum absolute atomic E-state index is 0.200. The predicted molar refractivity (Wildman–Crippen MR) is 90.3 cm³/mol. The van der Waals surface area contributed by atoms with Gasteiger partial charge in [-0.2, -0.15) is 8.78 Å². The second-order valence-electron chi connectivity index (χ2n) is 5.70. The van der Waals surface area contributed by atoms with Crippen LogP contribution in [0.4, 0.5) is 8.78 Å². The van der Waals surface area contributed by atoms with Crippen molar-refractivity contribution in [2.24, 2.45) is 0 Å². The van der Waals surface area contributed by atoms with Gasteiger partial charge in [-0.3, -0.25) is 9.59 Å². The van der Waals surface area contributed by atoms with Gasteiger partial charge in [0.15, 0.2) is 0 Å². The van der Waals surface area contributed by atoms with Crippen LogP contribution in [0.2, 0.25) is 0 Å². The third-order valence-electron chi connectivity index (χ3n) is 3.90. The van der Waals surface area contributed by atoms with E-state index in [1.54, 1.807) is 12.1 Å². The Labute approximate surface area is 145 Å². The summed E-state index contributed by atoms with van der Waals surface area (Å²) in [6.45, 7) is 1.94. The summed E-state index contributed by atoms with van der Waals surface area (Å²) < 4.78 is 24.5. The van der Waals surface area contributed by atoms with Crippen LogP contribution in [-0.2, 0) is 4.79 Å². The molecule has 1 heterocycles. The van der Waals surface area contributed by atoms with Crippen molar-refractivity contribution in [2.75, 3.05) is 19.6 Å². The molecular weight excluding hydrogens is 334 g/mol. The molecule has 132 valence electrons. The fourth-order valence-corrected chi connectivity index (χ4v) is 3.14. The van der Waals surface area contributed by atoms with E-state index in [1.807, 2.05) is 4.90 Å². The Morgan fingerprint density at radius 3 is 2.67 bits per heavy atom. The van der Waals surface area contributed by atoms with Crippen molar-refractivity contribution in [3.63, 3.8) is 0 Å². The number of benzene rings is 1. The van der Waals surface area contributed by atoms with Gasteiger partial charge in [0.25, 0.3) is 11.7 Å².